The minimum Gasteiger partial charge on any atom is -0.264 e. The summed E-state index contributed by atoms with van der Waals surface area (Å²) in [5.74, 6) is 0.722. The highest BCUT2D eigenvalue weighted by Crippen LogP contribution is 2.37. The third-order valence-corrected chi connectivity index (χ3v) is 10.3. The number of pyridine rings is 1. The molecule has 0 radical (unpaired) electrons. The highest BCUT2D eigenvalue weighted by molar-refractivity contribution is 6.13. The quantitative estimate of drug-likeness (QED) is 0.111. The van der Waals surface area contributed by atoms with E-state index in [9.17, 15) is 0 Å². The van der Waals surface area contributed by atoms with E-state index in [2.05, 4.69) is 188 Å². The van der Waals surface area contributed by atoms with Gasteiger partial charge in [-0.3, -0.25) is 4.98 Å². The minimum absolute atomic E-state index is 0.708. The van der Waals surface area contributed by atoms with Crippen LogP contribution in [0.25, 0.3) is 88.3 Å². The van der Waals surface area contributed by atoms with Crippen LogP contribution in [0.5, 0.6) is 0 Å². The highest BCUT2D eigenvalue weighted by Gasteiger charge is 2.13. The Morgan fingerprint density at radius 1 is 0.455 bits per heavy atom. The summed E-state index contributed by atoms with van der Waals surface area (Å²) in [5, 5.41) is 7.40. The molecule has 0 fully saturated rings. The van der Waals surface area contributed by atoms with E-state index in [-0.39, 0.29) is 0 Å². The second kappa shape index (κ2) is 15.2. The van der Waals surface area contributed by atoms with Gasteiger partial charge in [0.05, 0.1) is 5.69 Å². The molecule has 3 heteroatoms. The summed E-state index contributed by atoms with van der Waals surface area (Å²) in [4.78, 5) is 14.6. The fourth-order valence-electron chi connectivity index (χ4n) is 7.51. The molecule has 0 unspecified atom stereocenters. The Morgan fingerprint density at radius 2 is 1.15 bits per heavy atom. The molecule has 2 aromatic heterocycles. The molecule has 0 N–H and O–H groups in total. The summed E-state index contributed by atoms with van der Waals surface area (Å²) in [6.45, 7) is 2.15. The Morgan fingerprint density at radius 3 is 1.95 bits per heavy atom. The number of nitrogens with zero attached hydrogens (tertiary/aromatic N) is 3. The van der Waals surface area contributed by atoms with Crippen molar-refractivity contribution in [2.75, 3.05) is 0 Å². The third kappa shape index (κ3) is 6.96. The van der Waals surface area contributed by atoms with Gasteiger partial charge >= 0.3 is 0 Å². The Kier molecular flexibility index (Phi) is 9.34. The second-order valence-corrected chi connectivity index (χ2v) is 13.9. The van der Waals surface area contributed by atoms with E-state index in [0.29, 0.717) is 6.42 Å². The van der Waals surface area contributed by atoms with Gasteiger partial charge in [-0.1, -0.05) is 165 Å². The Balaban J connectivity index is 1.10. The molecule has 0 aliphatic rings. The molecule has 0 bridgehead atoms. The van der Waals surface area contributed by atoms with Gasteiger partial charge in [0.1, 0.15) is 0 Å². The monoisotopic (exact) mass is 705 g/mol. The predicted molar refractivity (Wildman–Crippen MR) is 232 cm³/mol. The van der Waals surface area contributed by atoms with Crippen molar-refractivity contribution in [3.63, 3.8) is 0 Å². The molecule has 0 aliphatic carbocycles. The zero-order valence-corrected chi connectivity index (χ0v) is 30.7. The van der Waals surface area contributed by atoms with Crippen LogP contribution in [0.1, 0.15) is 19.0 Å². The van der Waals surface area contributed by atoms with Gasteiger partial charge in [-0.25, -0.2) is 9.97 Å². The Hall–Kier alpha value is -6.97. The van der Waals surface area contributed by atoms with Gasteiger partial charge in [0.15, 0.2) is 5.82 Å². The van der Waals surface area contributed by atoms with Crippen LogP contribution in [0.2, 0.25) is 0 Å². The summed E-state index contributed by atoms with van der Waals surface area (Å²) in [5.41, 5.74) is 10.9. The molecule has 55 heavy (non-hydrogen) atoms. The lowest BCUT2D eigenvalue weighted by atomic mass is 9.93. The second-order valence-electron chi connectivity index (χ2n) is 13.9. The number of hydrogen-bond acceptors (Lipinski definition) is 3. The maximum Gasteiger partial charge on any atom is 0.160 e. The van der Waals surface area contributed by atoms with E-state index in [1.54, 1.807) is 6.20 Å². The standard InChI is InChI=1S/C52H39N3/c1-2-3-4-5-6-16-44-34-51(42-30-27-37-14-11-20-45(49(37)33-42)38-23-21-36(22-24-38)43-15-12-31-53-35-43)55-52(54-44)40-28-25-39(26-29-40)50-32-41-13-7-8-17-46(41)47-18-9-10-19-48(47)50/h3-15,17-35H,2,16H2,1H3/b4-3-,6-5-. The first kappa shape index (κ1) is 33.8. The number of allylic oxidation sites excluding steroid dienone is 4. The average molecular weight is 706 g/mol. The molecular formula is C52H39N3. The van der Waals surface area contributed by atoms with Crippen LogP contribution in [0.4, 0.5) is 0 Å². The molecule has 9 aromatic rings. The summed E-state index contributed by atoms with van der Waals surface area (Å²) in [6.07, 6.45) is 14.0. The number of rotatable bonds is 9. The van der Waals surface area contributed by atoms with E-state index in [0.717, 1.165) is 45.9 Å². The molecule has 0 spiro atoms. The van der Waals surface area contributed by atoms with Crippen molar-refractivity contribution in [3.8, 4) is 56.0 Å². The van der Waals surface area contributed by atoms with Crippen LogP contribution in [0.3, 0.4) is 0 Å². The van der Waals surface area contributed by atoms with Crippen molar-refractivity contribution in [3.05, 3.63) is 200 Å². The van der Waals surface area contributed by atoms with Crippen molar-refractivity contribution in [2.45, 2.75) is 19.8 Å². The van der Waals surface area contributed by atoms with Crippen molar-refractivity contribution in [2.24, 2.45) is 0 Å². The lowest BCUT2D eigenvalue weighted by Crippen LogP contribution is -1.98. The first-order valence-electron chi connectivity index (χ1n) is 19.0. The largest absolute Gasteiger partial charge is 0.264 e. The van der Waals surface area contributed by atoms with Gasteiger partial charge in [-0.15, -0.1) is 0 Å². The van der Waals surface area contributed by atoms with Gasteiger partial charge in [-0.05, 0) is 96.4 Å². The van der Waals surface area contributed by atoms with E-state index in [1.165, 1.54) is 54.6 Å². The molecular weight excluding hydrogens is 667 g/mol. The molecule has 0 aliphatic heterocycles. The maximum atomic E-state index is 5.22. The summed E-state index contributed by atoms with van der Waals surface area (Å²) in [6, 6.07) is 56.5. The molecule has 7 aromatic carbocycles. The fraction of sp³-hybridized carbons (Fsp3) is 0.0577. The number of fused-ring (bicyclic) bond motifs is 4. The Bertz CT molecular complexity index is 2850. The van der Waals surface area contributed by atoms with Gasteiger partial charge in [0.25, 0.3) is 0 Å². The first-order chi connectivity index (χ1) is 27.2. The smallest absolute Gasteiger partial charge is 0.160 e. The predicted octanol–water partition coefficient (Wildman–Crippen LogP) is 13.7. The van der Waals surface area contributed by atoms with Crippen molar-refractivity contribution < 1.29 is 0 Å². The molecule has 262 valence electrons. The molecule has 0 amide bonds. The first-order valence-corrected chi connectivity index (χ1v) is 19.0. The zero-order chi connectivity index (χ0) is 37.0. The van der Waals surface area contributed by atoms with Crippen LogP contribution in [-0.2, 0) is 6.42 Å². The zero-order valence-electron chi connectivity index (χ0n) is 30.7. The molecule has 9 rings (SSSR count). The summed E-state index contributed by atoms with van der Waals surface area (Å²) in [7, 11) is 0. The summed E-state index contributed by atoms with van der Waals surface area (Å²) < 4.78 is 0. The van der Waals surface area contributed by atoms with Gasteiger partial charge in [-0.2, -0.15) is 0 Å². The van der Waals surface area contributed by atoms with Crippen molar-refractivity contribution in [1.29, 1.82) is 0 Å². The number of hydrogen-bond donors (Lipinski definition) is 0. The normalized spacial score (nSPS) is 11.7. The lowest BCUT2D eigenvalue weighted by molar-refractivity contribution is 1.06. The summed E-state index contributed by atoms with van der Waals surface area (Å²) >= 11 is 0. The number of aromatic nitrogens is 3. The number of benzene rings is 7. The van der Waals surface area contributed by atoms with Crippen LogP contribution in [0.15, 0.2) is 194 Å². The third-order valence-electron chi connectivity index (χ3n) is 10.3. The lowest BCUT2D eigenvalue weighted by Gasteiger charge is -2.13. The minimum atomic E-state index is 0.708. The fourth-order valence-corrected chi connectivity index (χ4v) is 7.51. The van der Waals surface area contributed by atoms with Gasteiger partial charge < -0.3 is 0 Å². The highest BCUT2D eigenvalue weighted by atomic mass is 14.9. The molecule has 2 heterocycles. The topological polar surface area (TPSA) is 38.7 Å². The van der Waals surface area contributed by atoms with E-state index < -0.39 is 0 Å². The average Bonchev–Trinajstić information content (AvgIpc) is 3.26. The van der Waals surface area contributed by atoms with E-state index in [1.807, 2.05) is 12.3 Å². The van der Waals surface area contributed by atoms with Gasteiger partial charge in [0, 0.05) is 35.6 Å². The van der Waals surface area contributed by atoms with Crippen LogP contribution in [-0.4, -0.2) is 15.0 Å². The van der Waals surface area contributed by atoms with Crippen molar-refractivity contribution in [1.82, 2.24) is 15.0 Å². The van der Waals surface area contributed by atoms with E-state index in [4.69, 9.17) is 9.97 Å². The van der Waals surface area contributed by atoms with Crippen LogP contribution in [0, 0.1) is 0 Å². The molecule has 0 saturated heterocycles. The van der Waals surface area contributed by atoms with Crippen molar-refractivity contribution >= 4 is 32.3 Å². The SMILES string of the molecule is CC/C=C\C=C/Cc1cc(-c2ccc3cccc(-c4ccc(-c5cccnc5)cc4)c3c2)nc(-c2ccc(-c3cc4ccccc4c4ccccc34)cc2)n1. The van der Waals surface area contributed by atoms with Crippen LogP contribution >= 0.6 is 0 Å². The van der Waals surface area contributed by atoms with E-state index >= 15 is 0 Å². The maximum absolute atomic E-state index is 5.22. The molecule has 3 nitrogen and oxygen atoms in total. The molecule has 0 saturated carbocycles. The Labute approximate surface area is 322 Å². The molecule has 0 atom stereocenters. The van der Waals surface area contributed by atoms with Crippen LogP contribution < -0.4 is 0 Å². The van der Waals surface area contributed by atoms with Gasteiger partial charge in [0.2, 0.25) is 0 Å².